The van der Waals surface area contributed by atoms with Gasteiger partial charge in [-0.25, -0.2) is 4.39 Å². The van der Waals surface area contributed by atoms with Crippen LogP contribution in [0.15, 0.2) is 72.8 Å². The molecule has 1 heterocycles. The molecule has 3 aromatic rings. The first-order chi connectivity index (χ1) is 14.6. The highest BCUT2D eigenvalue weighted by molar-refractivity contribution is 5.99. The molecule has 152 valence electrons. The number of hydrogen-bond donors (Lipinski definition) is 1. The van der Waals surface area contributed by atoms with Crippen molar-refractivity contribution < 1.29 is 23.5 Å². The summed E-state index contributed by atoms with van der Waals surface area (Å²) < 4.78 is 25.0. The lowest BCUT2D eigenvalue weighted by molar-refractivity contribution is -0.121. The van der Waals surface area contributed by atoms with Crippen molar-refractivity contribution in [1.29, 1.82) is 0 Å². The Morgan fingerprint density at radius 3 is 2.63 bits per heavy atom. The van der Waals surface area contributed by atoms with Gasteiger partial charge in [-0.3, -0.25) is 9.59 Å². The standard InChI is InChI=1S/C23H19FN2O4/c24-19-9-5-4-6-16(19)13-26-20-11-10-17(12-21(20)30-15-23(26)28)25-22(27)14-29-18-7-2-1-3-8-18/h1-12H,13-15H2,(H,25,27). The lowest BCUT2D eigenvalue weighted by Gasteiger charge is -2.30. The smallest absolute Gasteiger partial charge is 0.265 e. The van der Waals surface area contributed by atoms with Crippen molar-refractivity contribution in [2.24, 2.45) is 0 Å². The summed E-state index contributed by atoms with van der Waals surface area (Å²) in [5.74, 6) is 0.0739. The van der Waals surface area contributed by atoms with Gasteiger partial charge in [0.15, 0.2) is 13.2 Å². The number of nitrogens with one attached hydrogen (secondary N) is 1. The monoisotopic (exact) mass is 406 g/mol. The van der Waals surface area contributed by atoms with Crippen molar-refractivity contribution >= 4 is 23.2 Å². The number of para-hydroxylation sites is 1. The Balaban J connectivity index is 1.45. The molecule has 1 aliphatic rings. The van der Waals surface area contributed by atoms with Gasteiger partial charge in [-0.2, -0.15) is 0 Å². The molecular formula is C23H19FN2O4. The molecule has 0 aliphatic carbocycles. The van der Waals surface area contributed by atoms with Crippen LogP contribution in [0.2, 0.25) is 0 Å². The summed E-state index contributed by atoms with van der Waals surface area (Å²) in [7, 11) is 0. The average Bonchev–Trinajstić information content (AvgIpc) is 2.76. The minimum atomic E-state index is -0.374. The second-order valence-corrected chi connectivity index (χ2v) is 6.69. The van der Waals surface area contributed by atoms with E-state index in [4.69, 9.17) is 9.47 Å². The highest BCUT2D eigenvalue weighted by atomic mass is 19.1. The molecule has 1 aliphatic heterocycles. The highest BCUT2D eigenvalue weighted by Crippen LogP contribution is 2.35. The Hall–Kier alpha value is -3.87. The van der Waals surface area contributed by atoms with Crippen LogP contribution in [0.1, 0.15) is 5.56 Å². The number of hydrogen-bond acceptors (Lipinski definition) is 4. The predicted octanol–water partition coefficient (Wildman–Crippen LogP) is 3.77. The van der Waals surface area contributed by atoms with Crippen molar-refractivity contribution in [2.75, 3.05) is 23.4 Å². The van der Waals surface area contributed by atoms with Crippen molar-refractivity contribution in [1.82, 2.24) is 0 Å². The Bertz CT molecular complexity index is 1070. The van der Waals surface area contributed by atoms with Crippen LogP contribution in [0.3, 0.4) is 0 Å². The molecule has 0 aromatic heterocycles. The van der Waals surface area contributed by atoms with Gasteiger partial charge in [-0.1, -0.05) is 36.4 Å². The fraction of sp³-hybridized carbons (Fsp3) is 0.130. The SMILES string of the molecule is O=C(COc1ccccc1)Nc1ccc2c(c1)OCC(=O)N2Cc1ccccc1F. The minimum Gasteiger partial charge on any atom is -0.484 e. The third-order valence-electron chi connectivity index (χ3n) is 4.59. The number of benzene rings is 3. The molecule has 0 atom stereocenters. The zero-order valence-electron chi connectivity index (χ0n) is 16.0. The molecule has 0 saturated heterocycles. The molecule has 7 heteroatoms. The quantitative estimate of drug-likeness (QED) is 0.677. The molecular weight excluding hydrogens is 387 g/mol. The lowest BCUT2D eigenvalue weighted by Crippen LogP contribution is -2.38. The van der Waals surface area contributed by atoms with Crippen molar-refractivity contribution in [2.45, 2.75) is 6.54 Å². The maximum absolute atomic E-state index is 14.0. The molecule has 0 radical (unpaired) electrons. The molecule has 2 amide bonds. The summed E-state index contributed by atoms with van der Waals surface area (Å²) >= 11 is 0. The highest BCUT2D eigenvalue weighted by Gasteiger charge is 2.26. The summed E-state index contributed by atoms with van der Waals surface area (Å²) in [6, 6.07) is 20.3. The van der Waals surface area contributed by atoms with Gasteiger partial charge in [-0.15, -0.1) is 0 Å². The van der Waals surface area contributed by atoms with E-state index in [2.05, 4.69) is 5.32 Å². The summed E-state index contributed by atoms with van der Waals surface area (Å²) in [6.45, 7) is -0.200. The van der Waals surface area contributed by atoms with E-state index < -0.39 is 0 Å². The van der Waals surface area contributed by atoms with Crippen LogP contribution in [-0.4, -0.2) is 25.0 Å². The maximum atomic E-state index is 14.0. The van der Waals surface area contributed by atoms with Gasteiger partial charge in [0.2, 0.25) is 0 Å². The molecule has 1 N–H and O–H groups in total. The number of ether oxygens (including phenoxy) is 2. The third-order valence-corrected chi connectivity index (χ3v) is 4.59. The predicted molar refractivity (Wildman–Crippen MR) is 110 cm³/mol. The van der Waals surface area contributed by atoms with Crippen LogP contribution in [0, 0.1) is 5.82 Å². The van der Waals surface area contributed by atoms with E-state index in [1.54, 1.807) is 48.5 Å². The first kappa shape index (κ1) is 19.4. The Labute approximate surface area is 172 Å². The van der Waals surface area contributed by atoms with Gasteiger partial charge in [0.1, 0.15) is 17.3 Å². The number of carbonyl (C=O) groups excluding carboxylic acids is 2. The maximum Gasteiger partial charge on any atom is 0.265 e. The number of nitrogens with zero attached hydrogens (tertiary/aromatic N) is 1. The number of fused-ring (bicyclic) bond motifs is 1. The normalized spacial score (nSPS) is 12.7. The first-order valence-electron chi connectivity index (χ1n) is 9.38. The third kappa shape index (κ3) is 4.41. The van der Waals surface area contributed by atoms with E-state index >= 15 is 0 Å². The Morgan fingerprint density at radius 2 is 1.83 bits per heavy atom. The molecule has 0 bridgehead atoms. The largest absolute Gasteiger partial charge is 0.484 e. The molecule has 0 fully saturated rings. The molecule has 0 saturated carbocycles. The van der Waals surface area contributed by atoms with E-state index in [0.717, 1.165) is 0 Å². The summed E-state index contributed by atoms with van der Waals surface area (Å²) in [5, 5.41) is 2.74. The Kier molecular flexibility index (Phi) is 5.61. The van der Waals surface area contributed by atoms with Crippen LogP contribution < -0.4 is 19.7 Å². The van der Waals surface area contributed by atoms with E-state index in [-0.39, 0.29) is 37.4 Å². The second-order valence-electron chi connectivity index (χ2n) is 6.69. The fourth-order valence-corrected chi connectivity index (χ4v) is 3.12. The lowest BCUT2D eigenvalue weighted by atomic mass is 10.1. The van der Waals surface area contributed by atoms with Crippen LogP contribution in [-0.2, 0) is 16.1 Å². The fourth-order valence-electron chi connectivity index (χ4n) is 3.12. The first-order valence-corrected chi connectivity index (χ1v) is 9.38. The second kappa shape index (κ2) is 8.65. The van der Waals surface area contributed by atoms with E-state index in [1.165, 1.54) is 11.0 Å². The van der Waals surface area contributed by atoms with E-state index in [9.17, 15) is 14.0 Å². The van der Waals surface area contributed by atoms with Crippen LogP contribution in [0.25, 0.3) is 0 Å². The van der Waals surface area contributed by atoms with E-state index in [0.29, 0.717) is 28.4 Å². The van der Waals surface area contributed by atoms with Gasteiger partial charge in [-0.05, 0) is 30.3 Å². The van der Waals surface area contributed by atoms with Crippen LogP contribution >= 0.6 is 0 Å². The van der Waals surface area contributed by atoms with Gasteiger partial charge in [0, 0.05) is 17.3 Å². The molecule has 6 nitrogen and oxygen atoms in total. The molecule has 3 aromatic carbocycles. The van der Waals surface area contributed by atoms with Crippen molar-refractivity contribution in [3.63, 3.8) is 0 Å². The zero-order chi connectivity index (χ0) is 20.9. The van der Waals surface area contributed by atoms with Gasteiger partial charge >= 0.3 is 0 Å². The molecule has 0 spiro atoms. The topological polar surface area (TPSA) is 67.9 Å². The summed E-state index contributed by atoms with van der Waals surface area (Å²) in [6.07, 6.45) is 0. The number of anilines is 2. The molecule has 30 heavy (non-hydrogen) atoms. The summed E-state index contributed by atoms with van der Waals surface area (Å²) in [4.78, 5) is 26.0. The van der Waals surface area contributed by atoms with Gasteiger partial charge in [0.25, 0.3) is 11.8 Å². The van der Waals surface area contributed by atoms with E-state index in [1.807, 2.05) is 18.2 Å². The van der Waals surface area contributed by atoms with Gasteiger partial charge < -0.3 is 19.7 Å². The number of rotatable bonds is 6. The van der Waals surface area contributed by atoms with Crippen LogP contribution in [0.4, 0.5) is 15.8 Å². The van der Waals surface area contributed by atoms with Crippen molar-refractivity contribution in [3.8, 4) is 11.5 Å². The zero-order valence-corrected chi connectivity index (χ0v) is 16.0. The minimum absolute atomic E-state index is 0.0957. The number of halogens is 1. The van der Waals surface area contributed by atoms with Crippen LogP contribution in [0.5, 0.6) is 11.5 Å². The number of amides is 2. The summed E-state index contributed by atoms with van der Waals surface area (Å²) in [5.41, 5.74) is 1.44. The number of carbonyl (C=O) groups is 2. The molecule has 0 unspecified atom stereocenters. The molecule has 4 rings (SSSR count). The average molecular weight is 406 g/mol. The van der Waals surface area contributed by atoms with Crippen molar-refractivity contribution in [3.05, 3.63) is 84.2 Å². The Morgan fingerprint density at radius 1 is 1.07 bits per heavy atom. The van der Waals surface area contributed by atoms with Gasteiger partial charge in [0.05, 0.1) is 12.2 Å².